The Morgan fingerprint density at radius 1 is 1.20 bits per heavy atom. The molecule has 0 spiro atoms. The van der Waals surface area contributed by atoms with Crippen LogP contribution in [0.2, 0.25) is 0 Å². The van der Waals surface area contributed by atoms with Gasteiger partial charge in [0, 0.05) is 59.5 Å². The minimum absolute atomic E-state index is 0.166. The highest BCUT2D eigenvalue weighted by Crippen LogP contribution is 2.26. The van der Waals surface area contributed by atoms with Crippen molar-refractivity contribution in [3.8, 4) is 0 Å². The Morgan fingerprint density at radius 2 is 2.04 bits per heavy atom. The van der Waals surface area contributed by atoms with Gasteiger partial charge in [-0.25, -0.2) is 0 Å². The fourth-order valence-corrected chi connectivity index (χ4v) is 3.76. The van der Waals surface area contributed by atoms with Gasteiger partial charge in [0.15, 0.2) is 5.96 Å². The molecule has 0 amide bonds. The molecule has 2 saturated heterocycles. The van der Waals surface area contributed by atoms with Gasteiger partial charge in [-0.2, -0.15) is 0 Å². The molecule has 1 N–H and O–H groups in total. The molecule has 25 heavy (non-hydrogen) atoms. The summed E-state index contributed by atoms with van der Waals surface area (Å²) >= 11 is 0. The third kappa shape index (κ3) is 5.54. The first-order valence-corrected chi connectivity index (χ1v) is 9.73. The third-order valence-electron chi connectivity index (χ3n) is 5.31. The lowest BCUT2D eigenvalue weighted by atomic mass is 10.1. The Balaban J connectivity index is 1.43. The maximum absolute atomic E-state index is 5.94. The van der Waals surface area contributed by atoms with Crippen LogP contribution >= 0.6 is 0 Å². The summed E-state index contributed by atoms with van der Waals surface area (Å²) in [6, 6.07) is 0.756. The van der Waals surface area contributed by atoms with Gasteiger partial charge >= 0.3 is 0 Å². The van der Waals surface area contributed by atoms with Gasteiger partial charge < -0.3 is 24.4 Å². The standard InChI is InChI=1S/C18H34N4O3/c1-19-18(20-7-8-21(9-12-23-2)15-5-6-15)22-10-13-25-17(14-22)16-4-3-11-24-16/h15-17H,3-14H2,1-2H3,(H,19,20). The molecular formula is C18H34N4O3. The molecule has 2 unspecified atom stereocenters. The van der Waals surface area contributed by atoms with Crippen LogP contribution in [0.3, 0.4) is 0 Å². The van der Waals surface area contributed by atoms with Crippen molar-refractivity contribution in [3.05, 3.63) is 0 Å². The zero-order valence-corrected chi connectivity index (χ0v) is 15.8. The van der Waals surface area contributed by atoms with E-state index < -0.39 is 0 Å². The molecule has 7 nitrogen and oxygen atoms in total. The number of nitrogens with zero attached hydrogens (tertiary/aromatic N) is 3. The first-order chi connectivity index (χ1) is 12.3. The molecule has 3 rings (SSSR count). The molecular weight excluding hydrogens is 320 g/mol. The fraction of sp³-hybridized carbons (Fsp3) is 0.944. The van der Waals surface area contributed by atoms with Crippen LogP contribution in [0, 0.1) is 0 Å². The number of methoxy groups -OCH3 is 1. The molecule has 2 aliphatic heterocycles. The third-order valence-corrected chi connectivity index (χ3v) is 5.31. The number of ether oxygens (including phenoxy) is 3. The van der Waals surface area contributed by atoms with Crippen molar-refractivity contribution in [1.82, 2.24) is 15.1 Å². The molecule has 0 bridgehead atoms. The van der Waals surface area contributed by atoms with E-state index in [0.717, 1.165) is 77.4 Å². The number of hydrogen-bond donors (Lipinski definition) is 1. The average molecular weight is 354 g/mol. The van der Waals surface area contributed by atoms with Gasteiger partial charge in [0.05, 0.1) is 19.3 Å². The zero-order valence-electron chi connectivity index (χ0n) is 15.8. The van der Waals surface area contributed by atoms with Gasteiger partial charge in [-0.15, -0.1) is 0 Å². The predicted molar refractivity (Wildman–Crippen MR) is 98.1 cm³/mol. The lowest BCUT2D eigenvalue weighted by Gasteiger charge is -2.37. The van der Waals surface area contributed by atoms with Gasteiger partial charge in [-0.05, 0) is 25.7 Å². The minimum atomic E-state index is 0.166. The van der Waals surface area contributed by atoms with Gasteiger partial charge in [-0.1, -0.05) is 0 Å². The van der Waals surface area contributed by atoms with Crippen LogP contribution < -0.4 is 5.32 Å². The lowest BCUT2D eigenvalue weighted by molar-refractivity contribution is -0.0817. The van der Waals surface area contributed by atoms with Gasteiger partial charge in [-0.3, -0.25) is 9.89 Å². The molecule has 0 aromatic heterocycles. The van der Waals surface area contributed by atoms with E-state index in [1.165, 1.54) is 12.8 Å². The van der Waals surface area contributed by atoms with Crippen LogP contribution in [0.1, 0.15) is 25.7 Å². The molecule has 0 aromatic carbocycles. The maximum atomic E-state index is 5.94. The van der Waals surface area contributed by atoms with E-state index in [2.05, 4.69) is 20.1 Å². The second-order valence-corrected chi connectivity index (χ2v) is 7.14. The van der Waals surface area contributed by atoms with Crippen LogP contribution in [-0.4, -0.2) is 101 Å². The summed E-state index contributed by atoms with van der Waals surface area (Å²) < 4.78 is 17.0. The van der Waals surface area contributed by atoms with Crippen LogP contribution in [0.5, 0.6) is 0 Å². The van der Waals surface area contributed by atoms with E-state index in [1.54, 1.807) is 7.11 Å². The van der Waals surface area contributed by atoms with E-state index in [1.807, 2.05) is 7.05 Å². The molecule has 2 atom stereocenters. The van der Waals surface area contributed by atoms with E-state index in [4.69, 9.17) is 14.2 Å². The number of rotatable bonds is 8. The molecule has 2 heterocycles. The Labute approximate surface area is 151 Å². The minimum Gasteiger partial charge on any atom is -0.383 e. The van der Waals surface area contributed by atoms with E-state index in [-0.39, 0.29) is 12.2 Å². The Hall–Kier alpha value is -0.890. The van der Waals surface area contributed by atoms with Crippen molar-refractivity contribution in [2.75, 3.05) is 66.7 Å². The second-order valence-electron chi connectivity index (χ2n) is 7.14. The first-order valence-electron chi connectivity index (χ1n) is 9.73. The van der Waals surface area contributed by atoms with E-state index in [9.17, 15) is 0 Å². The normalized spacial score (nSPS) is 28.0. The highest BCUT2D eigenvalue weighted by atomic mass is 16.5. The smallest absolute Gasteiger partial charge is 0.193 e. The summed E-state index contributed by atoms with van der Waals surface area (Å²) in [4.78, 5) is 9.32. The Morgan fingerprint density at radius 3 is 2.72 bits per heavy atom. The maximum Gasteiger partial charge on any atom is 0.193 e. The highest BCUT2D eigenvalue weighted by Gasteiger charge is 2.32. The fourth-order valence-electron chi connectivity index (χ4n) is 3.76. The van der Waals surface area contributed by atoms with E-state index in [0.29, 0.717) is 0 Å². The topological polar surface area (TPSA) is 58.6 Å². The van der Waals surface area contributed by atoms with Crippen molar-refractivity contribution >= 4 is 5.96 Å². The molecule has 3 aliphatic rings. The average Bonchev–Trinajstić information content (AvgIpc) is 3.34. The summed E-state index contributed by atoms with van der Waals surface area (Å²) in [5.41, 5.74) is 0. The highest BCUT2D eigenvalue weighted by molar-refractivity contribution is 5.80. The molecule has 7 heteroatoms. The van der Waals surface area contributed by atoms with Crippen LogP contribution in [-0.2, 0) is 14.2 Å². The number of hydrogen-bond acceptors (Lipinski definition) is 5. The molecule has 0 aromatic rings. The first kappa shape index (κ1) is 18.9. The largest absolute Gasteiger partial charge is 0.383 e. The van der Waals surface area contributed by atoms with Crippen LogP contribution in [0.15, 0.2) is 4.99 Å². The second kappa shape index (κ2) is 9.71. The van der Waals surface area contributed by atoms with Gasteiger partial charge in [0.25, 0.3) is 0 Å². The Kier molecular flexibility index (Phi) is 7.34. The zero-order chi connectivity index (χ0) is 17.5. The predicted octanol–water partition coefficient (Wildman–Crippen LogP) is 0.552. The summed E-state index contributed by atoms with van der Waals surface area (Å²) in [5, 5.41) is 3.54. The summed E-state index contributed by atoms with van der Waals surface area (Å²) in [7, 11) is 3.64. The van der Waals surface area contributed by atoms with E-state index >= 15 is 0 Å². The number of morpholine rings is 1. The summed E-state index contributed by atoms with van der Waals surface area (Å²) in [6.45, 7) is 7.13. The van der Waals surface area contributed by atoms with Gasteiger partial charge in [0.2, 0.25) is 0 Å². The van der Waals surface area contributed by atoms with Crippen molar-refractivity contribution in [1.29, 1.82) is 0 Å². The molecule has 144 valence electrons. The number of nitrogens with one attached hydrogen (secondary N) is 1. The number of aliphatic imine (C=N–C) groups is 1. The lowest BCUT2D eigenvalue weighted by Crippen LogP contribution is -2.54. The Bertz CT molecular complexity index is 425. The summed E-state index contributed by atoms with van der Waals surface area (Å²) in [6.07, 6.45) is 5.33. The van der Waals surface area contributed by atoms with Crippen molar-refractivity contribution < 1.29 is 14.2 Å². The van der Waals surface area contributed by atoms with Crippen molar-refractivity contribution in [2.24, 2.45) is 4.99 Å². The van der Waals surface area contributed by atoms with Crippen molar-refractivity contribution in [2.45, 2.75) is 43.9 Å². The molecule has 0 radical (unpaired) electrons. The summed E-state index contributed by atoms with van der Waals surface area (Å²) in [5.74, 6) is 0.980. The van der Waals surface area contributed by atoms with Crippen LogP contribution in [0.25, 0.3) is 0 Å². The molecule has 1 saturated carbocycles. The number of guanidine groups is 1. The molecule has 1 aliphatic carbocycles. The van der Waals surface area contributed by atoms with Crippen molar-refractivity contribution in [3.63, 3.8) is 0 Å². The molecule has 3 fully saturated rings. The quantitative estimate of drug-likeness (QED) is 0.508. The van der Waals surface area contributed by atoms with Gasteiger partial charge in [0.1, 0.15) is 6.10 Å². The monoisotopic (exact) mass is 354 g/mol. The van der Waals surface area contributed by atoms with Crippen LogP contribution in [0.4, 0.5) is 0 Å². The SMILES string of the molecule is CN=C(NCCN(CCOC)C1CC1)N1CCOC(C2CCCO2)C1.